The maximum atomic E-state index is 5.13. The van der Waals surface area contributed by atoms with Gasteiger partial charge in [0.05, 0.1) is 24.2 Å². The third kappa shape index (κ3) is 3.10. The van der Waals surface area contributed by atoms with Crippen molar-refractivity contribution in [3.63, 3.8) is 0 Å². The number of nitrogens with zero attached hydrogens (tertiary/aromatic N) is 3. The Morgan fingerprint density at radius 1 is 1.33 bits per heavy atom. The van der Waals surface area contributed by atoms with E-state index in [0.29, 0.717) is 0 Å². The van der Waals surface area contributed by atoms with Crippen LogP contribution in [0.5, 0.6) is 5.75 Å². The molecule has 0 aliphatic rings. The monoisotopic (exact) mass is 309 g/mol. The third-order valence-corrected chi connectivity index (χ3v) is 3.86. The van der Waals surface area contributed by atoms with E-state index >= 15 is 0 Å². The van der Waals surface area contributed by atoms with Crippen LogP contribution in [0.2, 0.25) is 0 Å². The van der Waals surface area contributed by atoms with Gasteiger partial charge in [-0.2, -0.15) is 0 Å². The predicted octanol–water partition coefficient (Wildman–Crippen LogP) is 3.18. The maximum Gasteiger partial charge on any atom is 0.118 e. The van der Waals surface area contributed by atoms with E-state index in [0.717, 1.165) is 24.4 Å². The summed E-state index contributed by atoms with van der Waals surface area (Å²) >= 11 is 3.57. The van der Waals surface area contributed by atoms with Crippen molar-refractivity contribution in [2.45, 2.75) is 24.7 Å². The van der Waals surface area contributed by atoms with Gasteiger partial charge in [0.25, 0.3) is 0 Å². The van der Waals surface area contributed by atoms with Crippen LogP contribution in [0.1, 0.15) is 29.4 Å². The zero-order valence-corrected chi connectivity index (χ0v) is 12.1. The van der Waals surface area contributed by atoms with Crippen LogP contribution in [0, 0.1) is 0 Å². The molecular weight excluding hydrogens is 294 g/mol. The third-order valence-electron chi connectivity index (χ3n) is 2.74. The normalized spacial score (nSPS) is 12.4. The molecule has 0 saturated carbocycles. The van der Waals surface area contributed by atoms with E-state index in [1.807, 2.05) is 35.1 Å². The summed E-state index contributed by atoms with van der Waals surface area (Å²) in [5.74, 6) is 0.865. The van der Waals surface area contributed by atoms with E-state index in [2.05, 4.69) is 33.2 Å². The molecule has 1 aromatic heterocycles. The van der Waals surface area contributed by atoms with Gasteiger partial charge in [-0.1, -0.05) is 40.2 Å². The molecule has 0 spiro atoms. The highest BCUT2D eigenvalue weighted by molar-refractivity contribution is 9.09. The standard InChI is InChI=1S/C13H16BrN3O/c1-3-12(14)13-9-17(16-15-13)8-10-4-6-11(18-2)7-5-10/h4-7,9,12H,3,8H2,1-2H3. The highest BCUT2D eigenvalue weighted by Crippen LogP contribution is 2.23. The van der Waals surface area contributed by atoms with Gasteiger partial charge in [0.1, 0.15) is 5.75 Å². The number of benzene rings is 1. The first kappa shape index (κ1) is 13.1. The van der Waals surface area contributed by atoms with Crippen LogP contribution in [-0.2, 0) is 6.54 Å². The van der Waals surface area contributed by atoms with Crippen LogP contribution in [0.25, 0.3) is 0 Å². The quantitative estimate of drug-likeness (QED) is 0.796. The molecular formula is C13H16BrN3O. The van der Waals surface area contributed by atoms with Crippen molar-refractivity contribution < 1.29 is 4.74 Å². The number of methoxy groups -OCH3 is 1. The molecule has 18 heavy (non-hydrogen) atoms. The molecule has 5 heteroatoms. The highest BCUT2D eigenvalue weighted by Gasteiger charge is 2.09. The van der Waals surface area contributed by atoms with Gasteiger partial charge in [-0.3, -0.25) is 0 Å². The van der Waals surface area contributed by atoms with Gasteiger partial charge >= 0.3 is 0 Å². The summed E-state index contributed by atoms with van der Waals surface area (Å²) in [7, 11) is 1.67. The Kier molecular flexibility index (Phi) is 4.36. The fraction of sp³-hybridized carbons (Fsp3) is 0.385. The molecule has 1 atom stereocenters. The Morgan fingerprint density at radius 3 is 2.67 bits per heavy atom. The van der Waals surface area contributed by atoms with Crippen LogP contribution in [0.15, 0.2) is 30.5 Å². The zero-order chi connectivity index (χ0) is 13.0. The van der Waals surface area contributed by atoms with Crippen molar-refractivity contribution in [2.75, 3.05) is 7.11 Å². The predicted molar refractivity (Wildman–Crippen MR) is 74.1 cm³/mol. The molecule has 1 heterocycles. The number of rotatable bonds is 5. The first-order valence-corrected chi connectivity index (χ1v) is 6.81. The van der Waals surface area contributed by atoms with Crippen molar-refractivity contribution in [3.05, 3.63) is 41.7 Å². The summed E-state index contributed by atoms with van der Waals surface area (Å²) in [5, 5.41) is 8.29. The first-order valence-electron chi connectivity index (χ1n) is 5.90. The lowest BCUT2D eigenvalue weighted by atomic mass is 10.2. The Hall–Kier alpha value is -1.36. The lowest BCUT2D eigenvalue weighted by molar-refractivity contribution is 0.414. The number of aromatic nitrogens is 3. The summed E-state index contributed by atoms with van der Waals surface area (Å²) in [6.07, 6.45) is 2.98. The average molecular weight is 310 g/mol. The lowest BCUT2D eigenvalue weighted by Gasteiger charge is -2.03. The van der Waals surface area contributed by atoms with Gasteiger partial charge in [-0.25, -0.2) is 4.68 Å². The van der Waals surface area contributed by atoms with Crippen molar-refractivity contribution >= 4 is 15.9 Å². The molecule has 0 fully saturated rings. The van der Waals surface area contributed by atoms with Crippen LogP contribution in [0.3, 0.4) is 0 Å². The van der Waals surface area contributed by atoms with E-state index in [9.17, 15) is 0 Å². The van der Waals surface area contributed by atoms with E-state index in [1.165, 1.54) is 5.56 Å². The Morgan fingerprint density at radius 2 is 2.06 bits per heavy atom. The molecule has 0 radical (unpaired) electrons. The smallest absolute Gasteiger partial charge is 0.118 e. The van der Waals surface area contributed by atoms with E-state index in [4.69, 9.17) is 4.74 Å². The molecule has 0 N–H and O–H groups in total. The number of ether oxygens (including phenoxy) is 1. The maximum absolute atomic E-state index is 5.13. The minimum atomic E-state index is 0.280. The molecule has 1 unspecified atom stereocenters. The second-order valence-electron chi connectivity index (χ2n) is 4.06. The largest absolute Gasteiger partial charge is 0.497 e. The minimum absolute atomic E-state index is 0.280. The molecule has 4 nitrogen and oxygen atoms in total. The summed E-state index contributed by atoms with van der Waals surface area (Å²) in [4.78, 5) is 0.280. The Labute approximate surface area is 115 Å². The van der Waals surface area contributed by atoms with Crippen molar-refractivity contribution in [1.29, 1.82) is 0 Å². The second-order valence-corrected chi connectivity index (χ2v) is 5.17. The molecule has 0 saturated heterocycles. The van der Waals surface area contributed by atoms with Crippen molar-refractivity contribution in [2.24, 2.45) is 0 Å². The minimum Gasteiger partial charge on any atom is -0.497 e. The van der Waals surface area contributed by atoms with Gasteiger partial charge in [-0.05, 0) is 24.1 Å². The summed E-state index contributed by atoms with van der Waals surface area (Å²) in [6.45, 7) is 2.84. The summed E-state index contributed by atoms with van der Waals surface area (Å²) in [6, 6.07) is 7.97. The lowest BCUT2D eigenvalue weighted by Crippen LogP contribution is -2.00. The number of hydrogen-bond donors (Lipinski definition) is 0. The number of alkyl halides is 1. The van der Waals surface area contributed by atoms with Crippen LogP contribution < -0.4 is 4.74 Å². The van der Waals surface area contributed by atoms with E-state index in [1.54, 1.807) is 7.11 Å². The van der Waals surface area contributed by atoms with Crippen molar-refractivity contribution in [3.8, 4) is 5.75 Å². The molecule has 0 aliphatic carbocycles. The molecule has 0 bridgehead atoms. The summed E-state index contributed by atoms with van der Waals surface area (Å²) in [5.41, 5.74) is 2.15. The molecule has 96 valence electrons. The summed E-state index contributed by atoms with van der Waals surface area (Å²) < 4.78 is 6.98. The Bertz CT molecular complexity index is 495. The van der Waals surface area contributed by atoms with Gasteiger partial charge in [-0.15, -0.1) is 5.10 Å². The van der Waals surface area contributed by atoms with E-state index in [-0.39, 0.29) is 4.83 Å². The molecule has 2 rings (SSSR count). The highest BCUT2D eigenvalue weighted by atomic mass is 79.9. The van der Waals surface area contributed by atoms with Gasteiger partial charge in [0, 0.05) is 6.20 Å². The molecule has 1 aromatic carbocycles. The number of halogens is 1. The average Bonchev–Trinajstić information content (AvgIpc) is 2.87. The van der Waals surface area contributed by atoms with Gasteiger partial charge in [0.2, 0.25) is 0 Å². The molecule has 0 aliphatic heterocycles. The number of hydrogen-bond acceptors (Lipinski definition) is 3. The fourth-order valence-corrected chi connectivity index (χ4v) is 1.87. The first-order chi connectivity index (χ1) is 8.72. The van der Waals surface area contributed by atoms with Crippen LogP contribution >= 0.6 is 15.9 Å². The van der Waals surface area contributed by atoms with Gasteiger partial charge < -0.3 is 4.74 Å². The Balaban J connectivity index is 2.06. The van der Waals surface area contributed by atoms with Gasteiger partial charge in [0.15, 0.2) is 0 Å². The molecule has 0 amide bonds. The molecule has 2 aromatic rings. The van der Waals surface area contributed by atoms with Crippen LogP contribution in [0.4, 0.5) is 0 Å². The topological polar surface area (TPSA) is 39.9 Å². The fourth-order valence-electron chi connectivity index (χ4n) is 1.66. The van der Waals surface area contributed by atoms with Crippen LogP contribution in [-0.4, -0.2) is 22.1 Å². The zero-order valence-electron chi connectivity index (χ0n) is 10.5. The second kappa shape index (κ2) is 6.00. The SMILES string of the molecule is CCC(Br)c1cn(Cc2ccc(OC)cc2)nn1. The van der Waals surface area contributed by atoms with Crippen molar-refractivity contribution in [1.82, 2.24) is 15.0 Å². The van der Waals surface area contributed by atoms with E-state index < -0.39 is 0 Å².